The number of hydrogen-bond donors (Lipinski definition) is 2. The van der Waals surface area contributed by atoms with Crippen LogP contribution in [0.2, 0.25) is 0 Å². The number of carbonyl (C=O) groups excluding carboxylic acids is 1. The molecule has 0 fully saturated rings. The van der Waals surface area contributed by atoms with Crippen LogP contribution in [0.1, 0.15) is 23.7 Å². The lowest BCUT2D eigenvalue weighted by molar-refractivity contribution is -0.128. The van der Waals surface area contributed by atoms with Gasteiger partial charge in [0.2, 0.25) is 11.8 Å². The van der Waals surface area contributed by atoms with Gasteiger partial charge >= 0.3 is 13.2 Å². The van der Waals surface area contributed by atoms with Gasteiger partial charge in [-0.1, -0.05) is 12.1 Å². The molecule has 1 amide bonds. The van der Waals surface area contributed by atoms with Gasteiger partial charge in [-0.15, -0.1) is 0 Å². The summed E-state index contributed by atoms with van der Waals surface area (Å²) in [6.07, 6.45) is 2.10. The van der Waals surface area contributed by atoms with Gasteiger partial charge in [0, 0.05) is 24.0 Å². The number of carbonyl (C=O) groups is 1. The number of benzene rings is 1. The van der Waals surface area contributed by atoms with Crippen LogP contribution in [0.15, 0.2) is 54.9 Å². The molecular formula is C23H21F4N3O4. The molecular weight excluding hydrogens is 458 g/mol. The van der Waals surface area contributed by atoms with Crippen molar-refractivity contribution in [3.8, 4) is 22.8 Å². The molecule has 3 rings (SSSR count). The molecule has 2 heterocycles. The minimum absolute atomic E-state index is 0.129. The maximum absolute atomic E-state index is 12.9. The zero-order valence-electron chi connectivity index (χ0n) is 17.9. The van der Waals surface area contributed by atoms with Crippen molar-refractivity contribution in [1.82, 2.24) is 15.3 Å². The van der Waals surface area contributed by atoms with E-state index in [0.717, 1.165) is 11.1 Å². The second-order valence-electron chi connectivity index (χ2n) is 7.20. The van der Waals surface area contributed by atoms with Gasteiger partial charge in [0.05, 0.1) is 12.2 Å². The fourth-order valence-electron chi connectivity index (χ4n) is 3.07. The van der Waals surface area contributed by atoms with E-state index in [0.29, 0.717) is 17.7 Å². The second kappa shape index (κ2) is 11.4. The molecule has 0 spiro atoms. The fraction of sp³-hybridized carbons (Fsp3) is 0.261. The highest BCUT2D eigenvalue weighted by atomic mass is 19.3. The van der Waals surface area contributed by atoms with Gasteiger partial charge in [0.25, 0.3) is 0 Å². The Morgan fingerprint density at radius 2 is 1.74 bits per heavy atom. The Balaban J connectivity index is 1.81. The minimum atomic E-state index is -3.08. The predicted octanol–water partition coefficient (Wildman–Crippen LogP) is 3.93. The molecule has 0 radical (unpaired) electrons. The summed E-state index contributed by atoms with van der Waals surface area (Å²) in [4.78, 5) is 19.4. The summed E-state index contributed by atoms with van der Waals surface area (Å²) in [6.45, 7) is -4.65. The number of pyridine rings is 2. The van der Waals surface area contributed by atoms with Crippen LogP contribution >= 0.6 is 0 Å². The van der Waals surface area contributed by atoms with Crippen molar-refractivity contribution >= 4 is 5.91 Å². The number of aliphatic hydroxyl groups is 1. The molecule has 180 valence electrons. The van der Waals surface area contributed by atoms with Crippen molar-refractivity contribution in [3.05, 3.63) is 71.7 Å². The first-order chi connectivity index (χ1) is 16.2. The molecule has 0 unspecified atom stereocenters. The molecule has 1 aromatic carbocycles. The summed E-state index contributed by atoms with van der Waals surface area (Å²) in [7, 11) is 0. The third-order valence-corrected chi connectivity index (χ3v) is 4.63. The van der Waals surface area contributed by atoms with E-state index >= 15 is 0 Å². The number of aliphatic hydroxyl groups excluding tert-OH is 1. The van der Waals surface area contributed by atoms with Crippen molar-refractivity contribution in [2.24, 2.45) is 0 Å². The molecule has 7 nitrogen and oxygen atoms in total. The Bertz CT molecular complexity index is 1110. The fourth-order valence-corrected chi connectivity index (χ4v) is 3.07. The molecule has 0 aliphatic heterocycles. The van der Waals surface area contributed by atoms with Crippen molar-refractivity contribution in [3.63, 3.8) is 0 Å². The smallest absolute Gasteiger partial charge is 0.388 e. The van der Waals surface area contributed by atoms with E-state index < -0.39 is 25.2 Å². The first kappa shape index (κ1) is 24.9. The van der Waals surface area contributed by atoms with Crippen molar-refractivity contribution < 1.29 is 36.9 Å². The van der Waals surface area contributed by atoms with Crippen molar-refractivity contribution in [2.45, 2.75) is 39.2 Å². The normalized spacial score (nSPS) is 12.0. The van der Waals surface area contributed by atoms with Crippen LogP contribution < -0.4 is 14.8 Å². The van der Waals surface area contributed by atoms with Crippen LogP contribution in [0.3, 0.4) is 0 Å². The van der Waals surface area contributed by atoms with E-state index in [9.17, 15) is 27.5 Å². The summed E-state index contributed by atoms with van der Waals surface area (Å²) in [6, 6.07) is 10.8. The number of aromatic nitrogens is 2. The Hall–Kier alpha value is -3.73. The lowest BCUT2D eigenvalue weighted by atomic mass is 9.99. The summed E-state index contributed by atoms with van der Waals surface area (Å²) in [5.74, 6) is -0.999. The largest absolute Gasteiger partial charge is 0.434 e. The van der Waals surface area contributed by atoms with E-state index in [-0.39, 0.29) is 23.7 Å². The molecule has 0 saturated carbocycles. The molecule has 3 aromatic rings. The third kappa shape index (κ3) is 7.14. The number of rotatable bonds is 10. The number of nitrogens with one attached hydrogen (secondary N) is 1. The van der Waals surface area contributed by atoms with Crippen LogP contribution in [0.5, 0.6) is 11.6 Å². The monoisotopic (exact) mass is 479 g/mol. The quantitative estimate of drug-likeness (QED) is 0.428. The number of ether oxygens (including phenoxy) is 2. The number of amides is 1. The number of alkyl halides is 4. The first-order valence-corrected chi connectivity index (χ1v) is 10.1. The highest BCUT2D eigenvalue weighted by Gasteiger charge is 2.15. The molecule has 0 saturated heterocycles. The van der Waals surface area contributed by atoms with Crippen LogP contribution in [0, 0.1) is 0 Å². The van der Waals surface area contributed by atoms with Gasteiger partial charge in [-0.3, -0.25) is 9.78 Å². The van der Waals surface area contributed by atoms with Crippen LogP contribution in [-0.2, 0) is 17.8 Å². The topological polar surface area (TPSA) is 93.6 Å². The molecule has 2 aromatic heterocycles. The second-order valence-corrected chi connectivity index (χ2v) is 7.20. The molecule has 0 aliphatic rings. The summed E-state index contributed by atoms with van der Waals surface area (Å²) < 4.78 is 59.8. The van der Waals surface area contributed by atoms with Gasteiger partial charge in [-0.05, 0) is 54.3 Å². The molecule has 2 N–H and O–H groups in total. The molecule has 34 heavy (non-hydrogen) atoms. The van der Waals surface area contributed by atoms with Gasteiger partial charge in [-0.2, -0.15) is 17.6 Å². The Morgan fingerprint density at radius 3 is 2.38 bits per heavy atom. The zero-order valence-corrected chi connectivity index (χ0v) is 17.9. The van der Waals surface area contributed by atoms with Gasteiger partial charge in [-0.25, -0.2) is 4.98 Å². The highest BCUT2D eigenvalue weighted by Crippen LogP contribution is 2.34. The van der Waals surface area contributed by atoms with E-state index in [1.165, 1.54) is 31.3 Å². The molecule has 11 heteroatoms. The first-order valence-electron chi connectivity index (χ1n) is 10.1. The van der Waals surface area contributed by atoms with Crippen LogP contribution in [0.4, 0.5) is 17.6 Å². The summed E-state index contributed by atoms with van der Waals surface area (Å²) in [5, 5.41) is 11.7. The maximum atomic E-state index is 12.9. The van der Waals surface area contributed by atoms with E-state index in [1.54, 1.807) is 30.5 Å². The average Bonchev–Trinajstić information content (AvgIpc) is 2.78. The summed E-state index contributed by atoms with van der Waals surface area (Å²) >= 11 is 0. The zero-order chi connectivity index (χ0) is 24.7. The Labute approximate surface area is 192 Å². The number of halogens is 4. The van der Waals surface area contributed by atoms with Gasteiger partial charge in [0.15, 0.2) is 0 Å². The highest BCUT2D eigenvalue weighted by molar-refractivity contribution is 5.79. The van der Waals surface area contributed by atoms with E-state index in [2.05, 4.69) is 24.8 Å². The Morgan fingerprint density at radius 1 is 1.00 bits per heavy atom. The lowest BCUT2D eigenvalue weighted by Crippen LogP contribution is -2.32. The van der Waals surface area contributed by atoms with E-state index in [1.807, 2.05) is 0 Å². The van der Waals surface area contributed by atoms with Gasteiger partial charge in [0.1, 0.15) is 11.9 Å². The van der Waals surface area contributed by atoms with Crippen LogP contribution in [0.25, 0.3) is 11.1 Å². The summed E-state index contributed by atoms with van der Waals surface area (Å²) in [5.41, 5.74) is 2.68. The lowest BCUT2D eigenvalue weighted by Gasteiger charge is -2.14. The Kier molecular flexibility index (Phi) is 8.36. The van der Waals surface area contributed by atoms with Crippen molar-refractivity contribution in [1.29, 1.82) is 0 Å². The van der Waals surface area contributed by atoms with E-state index in [4.69, 9.17) is 0 Å². The average molecular weight is 479 g/mol. The standard InChI is InChI=1S/C23H21F4N3O4/c1-13(31)21(32)30-12-17-4-2-15(11-29-17)8-14-3-5-19(33-22(24)25)18(9-14)16-6-7-28-20(10-16)34-23(26)27/h2-7,9-11,13,22-23,31H,8,12H2,1H3,(H,30,32)/t13-/m1/s1. The third-order valence-electron chi connectivity index (χ3n) is 4.63. The molecule has 0 aliphatic carbocycles. The SMILES string of the molecule is C[C@@H](O)C(=O)NCc1ccc(Cc2ccc(OC(F)F)c(-c3ccnc(OC(F)F)c3)c2)cn1. The predicted molar refractivity (Wildman–Crippen MR) is 114 cm³/mol. The number of nitrogens with zero attached hydrogens (tertiary/aromatic N) is 2. The minimum Gasteiger partial charge on any atom is -0.434 e. The van der Waals surface area contributed by atoms with Gasteiger partial charge < -0.3 is 19.9 Å². The number of hydrogen-bond acceptors (Lipinski definition) is 6. The molecule has 1 atom stereocenters. The maximum Gasteiger partial charge on any atom is 0.388 e. The van der Waals surface area contributed by atoms with Crippen LogP contribution in [-0.4, -0.2) is 40.3 Å². The molecule has 0 bridgehead atoms. The van der Waals surface area contributed by atoms with Crippen molar-refractivity contribution in [2.75, 3.05) is 0 Å².